The molecule has 0 aliphatic rings. The van der Waals surface area contributed by atoms with Crippen LogP contribution in [0.3, 0.4) is 0 Å². The summed E-state index contributed by atoms with van der Waals surface area (Å²) in [5.74, 6) is 1.04. The molecule has 0 aromatic heterocycles. The number of carbonyl (C=O) groups excluding carboxylic acids is 2. The molecule has 1 aromatic carbocycles. The van der Waals surface area contributed by atoms with Crippen molar-refractivity contribution in [3.05, 3.63) is 52.1 Å². The summed E-state index contributed by atoms with van der Waals surface area (Å²) in [6, 6.07) is 5.33. The number of nitro benzene ring substituents is 1. The number of hydrogen-bond donors (Lipinski definition) is 0. The van der Waals surface area contributed by atoms with Crippen molar-refractivity contribution in [3.63, 3.8) is 0 Å². The van der Waals surface area contributed by atoms with Crippen LogP contribution in [0.5, 0.6) is 0 Å². The van der Waals surface area contributed by atoms with Crippen molar-refractivity contribution in [2.24, 2.45) is 0 Å². The van der Waals surface area contributed by atoms with Crippen LogP contribution in [-0.2, 0) is 14.3 Å². The average molecular weight is 247 g/mol. The fourth-order valence-electron chi connectivity index (χ4n) is 1.17. The maximum absolute atomic E-state index is 10.9. The van der Waals surface area contributed by atoms with Gasteiger partial charge in [-0.15, -0.1) is 0 Å². The Hall–Kier alpha value is -2.72. The lowest BCUT2D eigenvalue weighted by Gasteiger charge is -1.97. The number of allylic oxidation sites excluding steroid dienone is 2. The molecule has 0 spiro atoms. The van der Waals surface area contributed by atoms with Crippen LogP contribution in [0, 0.1) is 10.1 Å². The molecule has 0 bridgehead atoms. The molecule has 1 rings (SSSR count). The minimum absolute atomic E-state index is 0.0825. The lowest BCUT2D eigenvalue weighted by Crippen LogP contribution is -1.94. The van der Waals surface area contributed by atoms with E-state index in [2.05, 4.69) is 4.74 Å². The van der Waals surface area contributed by atoms with Gasteiger partial charge < -0.3 is 4.74 Å². The summed E-state index contributed by atoms with van der Waals surface area (Å²) in [4.78, 5) is 31.5. The fourth-order valence-corrected chi connectivity index (χ4v) is 1.17. The van der Waals surface area contributed by atoms with Gasteiger partial charge in [0.15, 0.2) is 0 Å². The maximum Gasteiger partial charge on any atom is 0.330 e. The molecule has 0 saturated heterocycles. The van der Waals surface area contributed by atoms with E-state index in [-0.39, 0.29) is 11.3 Å². The number of methoxy groups -OCH3 is 1. The van der Waals surface area contributed by atoms with Crippen LogP contribution >= 0.6 is 0 Å². The van der Waals surface area contributed by atoms with Crippen molar-refractivity contribution in [2.45, 2.75) is 0 Å². The van der Waals surface area contributed by atoms with Gasteiger partial charge in [0.05, 0.1) is 17.6 Å². The Kier molecular flexibility index (Phi) is 4.54. The quantitative estimate of drug-likeness (QED) is 0.201. The van der Waals surface area contributed by atoms with E-state index >= 15 is 0 Å². The van der Waals surface area contributed by atoms with Crippen molar-refractivity contribution in [1.82, 2.24) is 0 Å². The highest BCUT2D eigenvalue weighted by atomic mass is 16.6. The monoisotopic (exact) mass is 247 g/mol. The Morgan fingerprint density at radius 3 is 2.39 bits per heavy atom. The van der Waals surface area contributed by atoms with Crippen LogP contribution in [0.2, 0.25) is 0 Å². The van der Waals surface area contributed by atoms with Gasteiger partial charge in [0.25, 0.3) is 5.69 Å². The lowest BCUT2D eigenvalue weighted by atomic mass is 10.1. The van der Waals surface area contributed by atoms with Gasteiger partial charge in [-0.25, -0.2) is 9.59 Å². The van der Waals surface area contributed by atoms with Crippen molar-refractivity contribution in [3.8, 4) is 0 Å². The van der Waals surface area contributed by atoms with E-state index in [4.69, 9.17) is 0 Å². The first-order valence-electron chi connectivity index (χ1n) is 4.84. The van der Waals surface area contributed by atoms with Crippen LogP contribution in [0.4, 0.5) is 5.69 Å². The summed E-state index contributed by atoms with van der Waals surface area (Å²) >= 11 is 0. The van der Waals surface area contributed by atoms with E-state index < -0.39 is 10.9 Å². The number of benzene rings is 1. The maximum atomic E-state index is 10.9. The van der Waals surface area contributed by atoms with E-state index in [0.717, 1.165) is 6.08 Å². The molecule has 1 aromatic rings. The minimum Gasteiger partial charge on any atom is -0.466 e. The summed E-state index contributed by atoms with van der Waals surface area (Å²) in [5, 5.41) is 10.5. The third kappa shape index (κ3) is 3.40. The molecule has 0 saturated carbocycles. The topological polar surface area (TPSA) is 86.5 Å². The second-order valence-electron chi connectivity index (χ2n) is 3.18. The highest BCUT2D eigenvalue weighted by Crippen LogP contribution is 2.17. The van der Waals surface area contributed by atoms with Gasteiger partial charge in [0.1, 0.15) is 5.94 Å². The smallest absolute Gasteiger partial charge is 0.330 e. The Bertz CT molecular complexity index is 538. The van der Waals surface area contributed by atoms with Gasteiger partial charge in [-0.05, 0) is 23.8 Å². The number of nitrogens with zero attached hydrogens (tertiary/aromatic N) is 1. The number of hydrogen-bond acceptors (Lipinski definition) is 5. The number of ether oxygens (including phenoxy) is 1. The number of carbonyl (C=O) groups is 1. The van der Waals surface area contributed by atoms with Crippen molar-refractivity contribution >= 4 is 23.2 Å². The van der Waals surface area contributed by atoms with E-state index in [1.165, 1.54) is 37.5 Å². The molecule has 18 heavy (non-hydrogen) atoms. The molecule has 0 aliphatic heterocycles. The van der Waals surface area contributed by atoms with Crippen LogP contribution < -0.4 is 0 Å². The minimum atomic E-state index is -0.607. The zero-order valence-electron chi connectivity index (χ0n) is 9.45. The molecule has 6 nitrogen and oxygen atoms in total. The zero-order valence-corrected chi connectivity index (χ0v) is 9.45. The summed E-state index contributed by atoms with van der Waals surface area (Å²) in [6.45, 7) is 0. The van der Waals surface area contributed by atoms with Gasteiger partial charge in [-0.1, -0.05) is 0 Å². The molecular weight excluding hydrogens is 238 g/mol. The normalized spacial score (nSPS) is 9.83. The van der Waals surface area contributed by atoms with E-state index in [1.807, 2.05) is 0 Å². The molecule has 92 valence electrons. The summed E-state index contributed by atoms with van der Waals surface area (Å²) in [7, 11) is 1.21. The largest absolute Gasteiger partial charge is 0.466 e. The van der Waals surface area contributed by atoms with Gasteiger partial charge in [-0.3, -0.25) is 10.1 Å². The van der Waals surface area contributed by atoms with Crippen molar-refractivity contribution in [2.75, 3.05) is 7.11 Å². The molecule has 0 atom stereocenters. The molecule has 0 radical (unpaired) electrons. The highest BCUT2D eigenvalue weighted by molar-refractivity contribution is 5.96. The molecular formula is C12H9NO5. The third-order valence-corrected chi connectivity index (χ3v) is 2.09. The summed E-state index contributed by atoms with van der Waals surface area (Å²) < 4.78 is 4.37. The first-order valence-corrected chi connectivity index (χ1v) is 4.84. The summed E-state index contributed by atoms with van der Waals surface area (Å²) in [6.07, 6.45) is 2.31. The molecule has 0 unspecified atom stereocenters. The van der Waals surface area contributed by atoms with Gasteiger partial charge in [-0.2, -0.15) is 0 Å². The molecule has 0 fully saturated rings. The molecule has 0 aliphatic carbocycles. The standard InChI is InChI=1S/C12H9NO5/c1-18-12(15)7-4-10(8-14)9-2-5-11(6-3-9)13(16)17/h2-7H,1H3. The second kappa shape index (κ2) is 6.12. The van der Waals surface area contributed by atoms with E-state index in [0.29, 0.717) is 5.56 Å². The van der Waals surface area contributed by atoms with Crippen molar-refractivity contribution in [1.29, 1.82) is 0 Å². The Morgan fingerprint density at radius 2 is 1.94 bits per heavy atom. The third-order valence-electron chi connectivity index (χ3n) is 2.09. The zero-order chi connectivity index (χ0) is 13.5. The fraction of sp³-hybridized carbons (Fsp3) is 0.0833. The van der Waals surface area contributed by atoms with Crippen LogP contribution in [0.15, 0.2) is 36.4 Å². The second-order valence-corrected chi connectivity index (χ2v) is 3.18. The van der Waals surface area contributed by atoms with Gasteiger partial charge >= 0.3 is 5.97 Å². The predicted molar refractivity (Wildman–Crippen MR) is 63.4 cm³/mol. The van der Waals surface area contributed by atoms with E-state index in [9.17, 15) is 19.7 Å². The first-order chi connectivity index (χ1) is 8.58. The van der Waals surface area contributed by atoms with Gasteiger partial charge in [0.2, 0.25) is 0 Å². The van der Waals surface area contributed by atoms with E-state index in [1.54, 1.807) is 5.94 Å². The first kappa shape index (κ1) is 13.3. The average Bonchev–Trinajstić information content (AvgIpc) is 2.39. The predicted octanol–water partition coefficient (Wildman–Crippen LogP) is 1.54. The Labute approximate surface area is 102 Å². The SMILES string of the molecule is COC(=O)C=CC(=C=O)c1ccc([N+](=O)[O-])cc1. The number of nitro groups is 1. The highest BCUT2D eigenvalue weighted by Gasteiger charge is 2.06. The number of rotatable bonds is 4. The Balaban J connectivity index is 2.97. The molecule has 0 N–H and O–H groups in total. The molecule has 6 heteroatoms. The van der Waals surface area contributed by atoms with Crippen molar-refractivity contribution < 1.29 is 19.2 Å². The number of esters is 1. The molecule has 0 heterocycles. The van der Waals surface area contributed by atoms with Gasteiger partial charge in [0, 0.05) is 18.2 Å². The van der Waals surface area contributed by atoms with Crippen LogP contribution in [-0.4, -0.2) is 23.9 Å². The summed E-state index contributed by atoms with van der Waals surface area (Å²) in [5.41, 5.74) is 0.451. The van der Waals surface area contributed by atoms with Crippen LogP contribution in [0.1, 0.15) is 5.56 Å². The lowest BCUT2D eigenvalue weighted by molar-refractivity contribution is -0.384. The Morgan fingerprint density at radius 1 is 1.33 bits per heavy atom. The molecule has 0 amide bonds. The van der Waals surface area contributed by atoms with Crippen LogP contribution in [0.25, 0.3) is 5.57 Å². The number of non-ortho nitro benzene ring substituents is 1.